The fourth-order valence-corrected chi connectivity index (χ4v) is 4.00. The van der Waals surface area contributed by atoms with Crippen LogP contribution < -0.4 is 14.2 Å². The Bertz CT molecular complexity index is 1320. The summed E-state index contributed by atoms with van der Waals surface area (Å²) in [6, 6.07) is 42.3. The molecule has 5 rings (SSSR count). The van der Waals surface area contributed by atoms with E-state index in [1.807, 2.05) is 97.1 Å². The molecule has 0 amide bonds. The Morgan fingerprint density at radius 1 is 0.529 bits per heavy atom. The van der Waals surface area contributed by atoms with Gasteiger partial charge in [-0.05, 0) is 46.7 Å². The molecule has 0 fully saturated rings. The van der Waals surface area contributed by atoms with Crippen LogP contribution in [0.2, 0.25) is 0 Å². The first-order chi connectivity index (χ1) is 16.9. The fraction of sp³-hybridized carbons (Fsp3) is 0.0968. The highest BCUT2D eigenvalue weighted by Crippen LogP contribution is 2.36. The lowest BCUT2D eigenvalue weighted by Gasteiger charge is -2.24. The molecule has 0 spiro atoms. The van der Waals surface area contributed by atoms with Gasteiger partial charge in [0.1, 0.15) is 30.5 Å². The minimum absolute atomic E-state index is 0.342. The van der Waals surface area contributed by atoms with Crippen LogP contribution in [0.3, 0.4) is 0 Å². The maximum atomic E-state index is 6.52. The summed E-state index contributed by atoms with van der Waals surface area (Å²) in [6.45, 7) is 0.818. The lowest BCUT2D eigenvalue weighted by molar-refractivity contribution is 0.126. The summed E-state index contributed by atoms with van der Waals surface area (Å²) in [5, 5.41) is 2.22. The van der Waals surface area contributed by atoms with Gasteiger partial charge in [0, 0.05) is 5.56 Å². The Kier molecular flexibility index (Phi) is 6.72. The Balaban J connectivity index is 1.53. The van der Waals surface area contributed by atoms with Crippen LogP contribution in [0, 0.1) is 0 Å². The van der Waals surface area contributed by atoms with Crippen molar-refractivity contribution in [2.45, 2.75) is 12.7 Å². The maximum absolute atomic E-state index is 6.52. The molecule has 0 aliphatic heterocycles. The van der Waals surface area contributed by atoms with E-state index in [1.165, 1.54) is 0 Å². The third kappa shape index (κ3) is 5.21. The van der Waals surface area contributed by atoms with E-state index in [-0.39, 0.29) is 6.10 Å². The Morgan fingerprint density at radius 3 is 1.88 bits per heavy atom. The summed E-state index contributed by atoms with van der Waals surface area (Å²) in [5.41, 5.74) is 2.09. The number of hydrogen-bond acceptors (Lipinski definition) is 3. The van der Waals surface area contributed by atoms with E-state index < -0.39 is 0 Å². The summed E-state index contributed by atoms with van der Waals surface area (Å²) in [7, 11) is 0. The van der Waals surface area contributed by atoms with Crippen molar-refractivity contribution in [2.75, 3.05) is 6.61 Å². The van der Waals surface area contributed by atoms with Crippen LogP contribution in [0.1, 0.15) is 17.2 Å². The zero-order valence-electron chi connectivity index (χ0n) is 18.8. The third-order valence-corrected chi connectivity index (χ3v) is 5.66. The van der Waals surface area contributed by atoms with Crippen LogP contribution in [0.5, 0.6) is 17.2 Å². The molecule has 1 atom stereocenters. The monoisotopic (exact) mass is 446 g/mol. The molecule has 0 bridgehead atoms. The van der Waals surface area contributed by atoms with E-state index in [0.29, 0.717) is 13.2 Å². The average molecular weight is 447 g/mol. The van der Waals surface area contributed by atoms with Gasteiger partial charge >= 0.3 is 0 Å². The third-order valence-electron chi connectivity index (χ3n) is 5.66. The summed E-state index contributed by atoms with van der Waals surface area (Å²) < 4.78 is 19.1. The molecule has 0 aliphatic rings. The molecule has 5 aromatic carbocycles. The van der Waals surface area contributed by atoms with Gasteiger partial charge in [0.15, 0.2) is 6.10 Å². The summed E-state index contributed by atoms with van der Waals surface area (Å²) >= 11 is 0. The Morgan fingerprint density at radius 2 is 1.15 bits per heavy atom. The summed E-state index contributed by atoms with van der Waals surface area (Å²) in [4.78, 5) is 0. The molecule has 0 saturated carbocycles. The molecule has 0 aliphatic carbocycles. The summed E-state index contributed by atoms with van der Waals surface area (Å²) in [6.07, 6.45) is -0.375. The quantitative estimate of drug-likeness (QED) is 0.233. The second-order valence-electron chi connectivity index (χ2n) is 8.02. The van der Waals surface area contributed by atoms with Crippen LogP contribution in [0.25, 0.3) is 10.8 Å². The smallest absolute Gasteiger partial charge is 0.162 e. The van der Waals surface area contributed by atoms with Gasteiger partial charge in [-0.25, -0.2) is 0 Å². The lowest BCUT2D eigenvalue weighted by Crippen LogP contribution is -2.18. The summed E-state index contributed by atoms with van der Waals surface area (Å²) in [5.74, 6) is 2.38. The van der Waals surface area contributed by atoms with Crippen LogP contribution in [-0.2, 0) is 6.61 Å². The predicted molar refractivity (Wildman–Crippen MR) is 136 cm³/mol. The number of benzene rings is 5. The van der Waals surface area contributed by atoms with E-state index in [2.05, 4.69) is 30.3 Å². The molecule has 3 nitrogen and oxygen atoms in total. The SMILES string of the molecule is c1ccc(COc2ccc3ccccc3c2C(COc2ccccc2)Oc2ccccc2)cc1. The van der Waals surface area contributed by atoms with Crippen molar-refractivity contribution in [3.63, 3.8) is 0 Å². The number of hydrogen-bond donors (Lipinski definition) is 0. The van der Waals surface area contributed by atoms with Gasteiger partial charge in [-0.1, -0.05) is 97.1 Å². The average Bonchev–Trinajstić information content (AvgIpc) is 2.91. The normalized spacial score (nSPS) is 11.6. The molecule has 168 valence electrons. The van der Waals surface area contributed by atoms with E-state index in [9.17, 15) is 0 Å². The lowest BCUT2D eigenvalue weighted by atomic mass is 9.99. The van der Waals surface area contributed by atoms with Crippen molar-refractivity contribution >= 4 is 10.8 Å². The first-order valence-electron chi connectivity index (χ1n) is 11.4. The number of fused-ring (bicyclic) bond motifs is 1. The molecular weight excluding hydrogens is 420 g/mol. The van der Waals surface area contributed by atoms with Gasteiger partial charge in [-0.15, -0.1) is 0 Å². The van der Waals surface area contributed by atoms with Crippen molar-refractivity contribution < 1.29 is 14.2 Å². The Hall–Kier alpha value is -4.24. The van der Waals surface area contributed by atoms with E-state index in [4.69, 9.17) is 14.2 Å². The van der Waals surface area contributed by atoms with Gasteiger partial charge < -0.3 is 14.2 Å². The molecule has 3 heteroatoms. The minimum Gasteiger partial charge on any atom is -0.489 e. The molecule has 0 radical (unpaired) electrons. The van der Waals surface area contributed by atoms with E-state index in [1.54, 1.807) is 0 Å². The fourth-order valence-electron chi connectivity index (χ4n) is 4.00. The molecule has 5 aromatic rings. The zero-order chi connectivity index (χ0) is 23.0. The van der Waals surface area contributed by atoms with Crippen LogP contribution in [-0.4, -0.2) is 6.61 Å². The molecule has 0 heterocycles. The second kappa shape index (κ2) is 10.6. The second-order valence-corrected chi connectivity index (χ2v) is 8.02. The maximum Gasteiger partial charge on any atom is 0.162 e. The molecule has 0 saturated heterocycles. The molecular formula is C31H26O3. The van der Waals surface area contributed by atoms with Crippen LogP contribution >= 0.6 is 0 Å². The highest BCUT2D eigenvalue weighted by molar-refractivity contribution is 5.88. The van der Waals surface area contributed by atoms with Crippen molar-refractivity contribution in [1.29, 1.82) is 0 Å². The number of ether oxygens (including phenoxy) is 3. The van der Waals surface area contributed by atoms with Crippen molar-refractivity contribution in [2.24, 2.45) is 0 Å². The van der Waals surface area contributed by atoms with Gasteiger partial charge in [0.25, 0.3) is 0 Å². The van der Waals surface area contributed by atoms with Crippen LogP contribution in [0.4, 0.5) is 0 Å². The largest absolute Gasteiger partial charge is 0.489 e. The van der Waals surface area contributed by atoms with Gasteiger partial charge in [-0.2, -0.15) is 0 Å². The first kappa shape index (κ1) is 21.6. The topological polar surface area (TPSA) is 27.7 Å². The highest BCUT2D eigenvalue weighted by atomic mass is 16.5. The molecule has 34 heavy (non-hydrogen) atoms. The molecule has 0 N–H and O–H groups in total. The van der Waals surface area contributed by atoms with Crippen molar-refractivity contribution in [3.8, 4) is 17.2 Å². The molecule has 0 aromatic heterocycles. The van der Waals surface area contributed by atoms with Crippen LogP contribution in [0.15, 0.2) is 127 Å². The molecule has 1 unspecified atom stereocenters. The van der Waals surface area contributed by atoms with Crippen molar-refractivity contribution in [1.82, 2.24) is 0 Å². The van der Waals surface area contributed by atoms with Crippen molar-refractivity contribution in [3.05, 3.63) is 139 Å². The number of rotatable bonds is 9. The number of para-hydroxylation sites is 2. The van der Waals surface area contributed by atoms with Gasteiger partial charge in [0.05, 0.1) is 0 Å². The van der Waals surface area contributed by atoms with E-state index in [0.717, 1.165) is 39.1 Å². The minimum atomic E-state index is -0.375. The van der Waals surface area contributed by atoms with Gasteiger partial charge in [-0.3, -0.25) is 0 Å². The zero-order valence-corrected chi connectivity index (χ0v) is 18.8. The first-order valence-corrected chi connectivity index (χ1v) is 11.4. The van der Waals surface area contributed by atoms with E-state index >= 15 is 0 Å². The van der Waals surface area contributed by atoms with Gasteiger partial charge in [0.2, 0.25) is 0 Å². The predicted octanol–water partition coefficient (Wildman–Crippen LogP) is 7.62. The highest BCUT2D eigenvalue weighted by Gasteiger charge is 2.23. The standard InChI is InChI=1S/C31H26O3/c1-4-12-24(13-5-1)22-33-29-21-20-25-14-10-11-19-28(25)31(29)30(34-27-17-8-3-9-18-27)23-32-26-15-6-2-7-16-26/h1-21,30H,22-23H2. The Labute approximate surface area is 200 Å².